The number of aromatic carboxylic acids is 1. The fraction of sp³-hybridized carbons (Fsp3) is 0.250. The Kier molecular flexibility index (Phi) is 2.23. The molecule has 0 aliphatic rings. The van der Waals surface area contributed by atoms with E-state index in [9.17, 15) is 4.79 Å². The first kappa shape index (κ1) is 9.77. The summed E-state index contributed by atoms with van der Waals surface area (Å²) in [6.07, 6.45) is 0. The first-order chi connectivity index (χ1) is 7.11. The van der Waals surface area contributed by atoms with Gasteiger partial charge in [-0.05, 0) is 6.07 Å². The second-order valence-corrected chi connectivity index (χ2v) is 3.80. The summed E-state index contributed by atoms with van der Waals surface area (Å²) < 4.78 is 5.54. The van der Waals surface area contributed by atoms with Crippen molar-refractivity contribution < 1.29 is 14.3 Å². The van der Waals surface area contributed by atoms with Gasteiger partial charge in [0, 0.05) is 11.3 Å². The summed E-state index contributed by atoms with van der Waals surface area (Å²) in [5.74, 6) is -0.309. The van der Waals surface area contributed by atoms with E-state index in [1.54, 1.807) is 12.1 Å². The van der Waals surface area contributed by atoms with Crippen LogP contribution >= 0.6 is 0 Å². The Morgan fingerprint density at radius 2 is 2.00 bits per heavy atom. The molecule has 1 aromatic carbocycles. The summed E-state index contributed by atoms with van der Waals surface area (Å²) in [6, 6.07) is 7.21. The Hall–Kier alpha value is -1.77. The number of fused-ring (bicyclic) bond motifs is 1. The summed E-state index contributed by atoms with van der Waals surface area (Å²) in [7, 11) is 0. The number of furan rings is 1. The van der Waals surface area contributed by atoms with Crippen molar-refractivity contribution in [3.8, 4) is 0 Å². The molecule has 1 aromatic heterocycles. The van der Waals surface area contributed by atoms with Gasteiger partial charge in [-0.2, -0.15) is 0 Å². The third-order valence-electron chi connectivity index (χ3n) is 2.36. The van der Waals surface area contributed by atoms with E-state index >= 15 is 0 Å². The fourth-order valence-electron chi connectivity index (χ4n) is 1.69. The van der Waals surface area contributed by atoms with Crippen molar-refractivity contribution >= 4 is 16.9 Å². The molecule has 0 saturated carbocycles. The zero-order valence-electron chi connectivity index (χ0n) is 8.65. The van der Waals surface area contributed by atoms with Gasteiger partial charge >= 0.3 is 5.97 Å². The van der Waals surface area contributed by atoms with Crippen molar-refractivity contribution in [2.45, 2.75) is 19.8 Å². The van der Waals surface area contributed by atoms with Gasteiger partial charge in [-0.1, -0.05) is 32.0 Å². The average molecular weight is 204 g/mol. The lowest BCUT2D eigenvalue weighted by atomic mass is 10.0. The average Bonchev–Trinajstić information content (AvgIpc) is 2.56. The van der Waals surface area contributed by atoms with Gasteiger partial charge < -0.3 is 9.52 Å². The zero-order chi connectivity index (χ0) is 11.0. The molecule has 78 valence electrons. The molecule has 2 aromatic rings. The molecule has 0 amide bonds. The maximum absolute atomic E-state index is 11.1. The van der Waals surface area contributed by atoms with Crippen LogP contribution in [-0.4, -0.2) is 11.1 Å². The minimum absolute atomic E-state index is 0.0727. The van der Waals surface area contributed by atoms with Gasteiger partial charge in [0.15, 0.2) is 0 Å². The van der Waals surface area contributed by atoms with Gasteiger partial charge in [0.25, 0.3) is 0 Å². The lowest BCUT2D eigenvalue weighted by Gasteiger charge is -2.00. The molecule has 2 rings (SSSR count). The third-order valence-corrected chi connectivity index (χ3v) is 2.36. The van der Waals surface area contributed by atoms with Gasteiger partial charge in [0.2, 0.25) is 0 Å². The number of carbonyl (C=O) groups is 1. The van der Waals surface area contributed by atoms with Crippen molar-refractivity contribution in [3.63, 3.8) is 0 Å². The molecule has 0 bridgehead atoms. The van der Waals surface area contributed by atoms with Gasteiger partial charge in [-0.25, -0.2) is 4.79 Å². The number of rotatable bonds is 2. The van der Waals surface area contributed by atoms with Crippen LogP contribution in [0.25, 0.3) is 11.0 Å². The number of carboxylic acid groups (broad SMARTS) is 1. The summed E-state index contributed by atoms with van der Waals surface area (Å²) in [4.78, 5) is 11.1. The number of hydrogen-bond donors (Lipinski definition) is 1. The van der Waals surface area contributed by atoms with Gasteiger partial charge in [0.1, 0.15) is 16.9 Å². The monoisotopic (exact) mass is 204 g/mol. The minimum atomic E-state index is -0.927. The van der Waals surface area contributed by atoms with Crippen molar-refractivity contribution in [3.05, 3.63) is 35.6 Å². The molecular formula is C12H12O3. The van der Waals surface area contributed by atoms with E-state index in [0.29, 0.717) is 22.3 Å². The summed E-state index contributed by atoms with van der Waals surface area (Å²) in [6.45, 7) is 3.84. The van der Waals surface area contributed by atoms with E-state index in [1.165, 1.54) is 0 Å². The number of hydrogen-bond acceptors (Lipinski definition) is 2. The minimum Gasteiger partial charge on any atom is -0.478 e. The Morgan fingerprint density at radius 3 is 2.60 bits per heavy atom. The van der Waals surface area contributed by atoms with Crippen LogP contribution in [0.4, 0.5) is 0 Å². The van der Waals surface area contributed by atoms with Gasteiger partial charge in [-0.15, -0.1) is 0 Å². The molecule has 0 aliphatic carbocycles. The van der Waals surface area contributed by atoms with Crippen molar-refractivity contribution in [1.29, 1.82) is 0 Å². The van der Waals surface area contributed by atoms with Crippen molar-refractivity contribution in [1.82, 2.24) is 0 Å². The van der Waals surface area contributed by atoms with Crippen LogP contribution < -0.4 is 0 Å². The highest BCUT2D eigenvalue weighted by atomic mass is 16.4. The topological polar surface area (TPSA) is 50.4 Å². The Bertz CT molecular complexity index is 509. The summed E-state index contributed by atoms with van der Waals surface area (Å²) >= 11 is 0. The highest BCUT2D eigenvalue weighted by Gasteiger charge is 2.21. The van der Waals surface area contributed by atoms with Gasteiger partial charge in [-0.3, -0.25) is 0 Å². The maximum atomic E-state index is 11.1. The Balaban J connectivity index is 2.80. The molecular weight excluding hydrogens is 192 g/mol. The molecule has 0 radical (unpaired) electrons. The van der Waals surface area contributed by atoms with Crippen LogP contribution in [0, 0.1) is 0 Å². The highest BCUT2D eigenvalue weighted by Crippen LogP contribution is 2.30. The third kappa shape index (κ3) is 1.50. The molecule has 1 N–H and O–H groups in total. The Morgan fingerprint density at radius 1 is 1.33 bits per heavy atom. The van der Waals surface area contributed by atoms with Crippen molar-refractivity contribution in [2.24, 2.45) is 0 Å². The molecule has 0 aliphatic heterocycles. The zero-order valence-corrected chi connectivity index (χ0v) is 8.65. The quantitative estimate of drug-likeness (QED) is 0.816. The molecule has 0 atom stereocenters. The normalized spacial score (nSPS) is 11.1. The lowest BCUT2D eigenvalue weighted by Crippen LogP contribution is -2.00. The molecule has 0 unspecified atom stereocenters. The first-order valence-corrected chi connectivity index (χ1v) is 4.86. The molecule has 15 heavy (non-hydrogen) atoms. The van der Waals surface area contributed by atoms with E-state index < -0.39 is 5.97 Å². The predicted octanol–water partition coefficient (Wildman–Crippen LogP) is 3.25. The SMILES string of the molecule is CC(C)c1oc2ccccc2c1C(=O)O. The largest absolute Gasteiger partial charge is 0.478 e. The highest BCUT2D eigenvalue weighted by molar-refractivity contribution is 6.03. The van der Waals surface area contributed by atoms with Crippen LogP contribution in [0.1, 0.15) is 35.9 Å². The van der Waals surface area contributed by atoms with E-state index in [4.69, 9.17) is 9.52 Å². The van der Waals surface area contributed by atoms with Crippen LogP contribution in [-0.2, 0) is 0 Å². The van der Waals surface area contributed by atoms with E-state index in [0.717, 1.165) is 0 Å². The van der Waals surface area contributed by atoms with Crippen LogP contribution in [0.2, 0.25) is 0 Å². The lowest BCUT2D eigenvalue weighted by molar-refractivity contribution is 0.0695. The molecule has 0 spiro atoms. The first-order valence-electron chi connectivity index (χ1n) is 4.86. The number of carboxylic acids is 1. The second-order valence-electron chi connectivity index (χ2n) is 3.80. The second kappa shape index (κ2) is 3.42. The van der Waals surface area contributed by atoms with Crippen molar-refractivity contribution in [2.75, 3.05) is 0 Å². The fourth-order valence-corrected chi connectivity index (χ4v) is 1.69. The molecule has 1 heterocycles. The van der Waals surface area contributed by atoms with E-state index in [1.807, 2.05) is 26.0 Å². The smallest absolute Gasteiger partial charge is 0.339 e. The maximum Gasteiger partial charge on any atom is 0.339 e. The van der Waals surface area contributed by atoms with E-state index in [2.05, 4.69) is 0 Å². The molecule has 0 saturated heterocycles. The van der Waals surface area contributed by atoms with E-state index in [-0.39, 0.29) is 5.92 Å². The standard InChI is InChI=1S/C12H12O3/c1-7(2)11-10(12(13)14)8-5-3-4-6-9(8)15-11/h3-7H,1-2H3,(H,13,14). The molecule has 3 nitrogen and oxygen atoms in total. The molecule has 3 heteroatoms. The van der Waals surface area contributed by atoms with Crippen LogP contribution in [0.5, 0.6) is 0 Å². The Labute approximate surface area is 87.3 Å². The van der Waals surface area contributed by atoms with Gasteiger partial charge in [0.05, 0.1) is 0 Å². The number of para-hydroxylation sites is 1. The predicted molar refractivity (Wildman–Crippen MR) is 57.3 cm³/mol. The summed E-state index contributed by atoms with van der Waals surface area (Å²) in [5, 5.41) is 9.82. The summed E-state index contributed by atoms with van der Waals surface area (Å²) in [5.41, 5.74) is 0.930. The molecule has 0 fully saturated rings. The number of benzene rings is 1. The van der Waals surface area contributed by atoms with Crippen LogP contribution in [0.3, 0.4) is 0 Å². The van der Waals surface area contributed by atoms with Crippen LogP contribution in [0.15, 0.2) is 28.7 Å².